The van der Waals surface area contributed by atoms with E-state index in [2.05, 4.69) is 10.2 Å². The molecule has 0 fully saturated rings. The summed E-state index contributed by atoms with van der Waals surface area (Å²) < 4.78 is 37.8. The summed E-state index contributed by atoms with van der Waals surface area (Å²) in [7, 11) is 0. The second kappa shape index (κ2) is 4.38. The van der Waals surface area contributed by atoms with Crippen molar-refractivity contribution in [2.45, 2.75) is 13.1 Å². The maximum Gasteiger partial charge on any atom is 0.437 e. The fourth-order valence-electron chi connectivity index (χ4n) is 1.55. The van der Waals surface area contributed by atoms with Crippen molar-refractivity contribution < 1.29 is 23.1 Å². The molecular formula is C11H8F3N3O2. The molecule has 0 bridgehead atoms. The molecule has 1 heterocycles. The fraction of sp³-hybridized carbons (Fsp3) is 0.182. The number of alkyl halides is 3. The standard InChI is InChI=1S/C11H8F3N3O2/c1-5-2-3-7(18)6(4-5)9(19)8-10(11(12,13)14)16-17-15-8/h2-4,18H,1H3,(H,15,16,17). The summed E-state index contributed by atoms with van der Waals surface area (Å²) >= 11 is 0. The van der Waals surface area contributed by atoms with E-state index in [0.717, 1.165) is 0 Å². The lowest BCUT2D eigenvalue weighted by Crippen LogP contribution is -2.14. The largest absolute Gasteiger partial charge is 0.507 e. The first-order valence-corrected chi connectivity index (χ1v) is 5.13. The fourth-order valence-corrected chi connectivity index (χ4v) is 1.55. The van der Waals surface area contributed by atoms with E-state index in [1.54, 1.807) is 12.1 Å². The highest BCUT2D eigenvalue weighted by Crippen LogP contribution is 2.31. The van der Waals surface area contributed by atoms with Crippen molar-refractivity contribution >= 4 is 5.78 Å². The quantitative estimate of drug-likeness (QED) is 0.819. The Hall–Kier alpha value is -2.38. The molecule has 0 radical (unpaired) electrons. The lowest BCUT2D eigenvalue weighted by atomic mass is 10.0. The third kappa shape index (κ3) is 2.42. The van der Waals surface area contributed by atoms with Gasteiger partial charge in [0.05, 0.1) is 5.56 Å². The van der Waals surface area contributed by atoms with Gasteiger partial charge in [-0.3, -0.25) is 4.79 Å². The predicted molar refractivity (Wildman–Crippen MR) is 57.7 cm³/mol. The monoisotopic (exact) mass is 271 g/mol. The van der Waals surface area contributed by atoms with Crippen LogP contribution in [-0.2, 0) is 6.18 Å². The molecule has 1 aromatic heterocycles. The van der Waals surface area contributed by atoms with Gasteiger partial charge < -0.3 is 5.11 Å². The van der Waals surface area contributed by atoms with Gasteiger partial charge in [-0.25, -0.2) is 0 Å². The number of phenolic OH excluding ortho intramolecular Hbond substituents is 1. The molecule has 0 aliphatic carbocycles. The number of hydrogen-bond donors (Lipinski definition) is 2. The van der Waals surface area contributed by atoms with Crippen molar-refractivity contribution in [3.05, 3.63) is 40.7 Å². The minimum absolute atomic E-state index is 0.251. The Morgan fingerprint density at radius 3 is 2.63 bits per heavy atom. The Balaban J connectivity index is 2.51. The van der Waals surface area contributed by atoms with Crippen LogP contribution >= 0.6 is 0 Å². The Morgan fingerprint density at radius 2 is 2.00 bits per heavy atom. The maximum atomic E-state index is 12.6. The molecule has 0 amide bonds. The second-order valence-corrected chi connectivity index (χ2v) is 3.87. The lowest BCUT2D eigenvalue weighted by molar-refractivity contribution is -0.141. The van der Waals surface area contributed by atoms with E-state index in [1.807, 2.05) is 0 Å². The molecule has 0 saturated heterocycles. The van der Waals surface area contributed by atoms with Crippen LogP contribution in [-0.4, -0.2) is 26.3 Å². The normalized spacial score (nSPS) is 11.6. The molecule has 0 atom stereocenters. The van der Waals surface area contributed by atoms with Crippen LogP contribution < -0.4 is 0 Å². The van der Waals surface area contributed by atoms with Crippen molar-refractivity contribution in [3.8, 4) is 5.75 Å². The molecule has 100 valence electrons. The number of carbonyl (C=O) groups is 1. The summed E-state index contributed by atoms with van der Waals surface area (Å²) in [6, 6.07) is 4.04. The van der Waals surface area contributed by atoms with Crippen LogP contribution in [0.4, 0.5) is 13.2 Å². The van der Waals surface area contributed by atoms with E-state index in [0.29, 0.717) is 5.56 Å². The number of phenols is 1. The molecule has 0 spiro atoms. The SMILES string of the molecule is Cc1ccc(O)c(C(=O)c2n[nH]nc2C(F)(F)F)c1. The van der Waals surface area contributed by atoms with Crippen LogP contribution in [0.15, 0.2) is 18.2 Å². The third-order valence-electron chi connectivity index (χ3n) is 2.43. The molecule has 2 aromatic rings. The third-order valence-corrected chi connectivity index (χ3v) is 2.43. The summed E-state index contributed by atoms with van der Waals surface area (Å²) in [5.41, 5.74) is -1.90. The van der Waals surface area contributed by atoms with E-state index >= 15 is 0 Å². The molecule has 5 nitrogen and oxygen atoms in total. The smallest absolute Gasteiger partial charge is 0.437 e. The highest BCUT2D eigenvalue weighted by Gasteiger charge is 2.40. The van der Waals surface area contributed by atoms with Crippen LogP contribution in [0.2, 0.25) is 0 Å². The zero-order valence-corrected chi connectivity index (χ0v) is 9.62. The Morgan fingerprint density at radius 1 is 1.32 bits per heavy atom. The molecule has 1 aromatic carbocycles. The number of aromatic amines is 1. The molecule has 0 aliphatic rings. The number of H-pyrrole nitrogens is 1. The van der Waals surface area contributed by atoms with Crippen LogP contribution in [0, 0.1) is 6.92 Å². The zero-order valence-electron chi connectivity index (χ0n) is 9.62. The number of ketones is 1. The Kier molecular flexibility index (Phi) is 3.01. The van der Waals surface area contributed by atoms with Crippen molar-refractivity contribution in [1.82, 2.24) is 15.4 Å². The molecule has 0 saturated carbocycles. The van der Waals surface area contributed by atoms with Gasteiger partial charge >= 0.3 is 6.18 Å². The van der Waals surface area contributed by atoms with Gasteiger partial charge in [0.25, 0.3) is 0 Å². The number of rotatable bonds is 2. The van der Waals surface area contributed by atoms with Gasteiger partial charge in [0.2, 0.25) is 5.78 Å². The van der Waals surface area contributed by atoms with E-state index in [4.69, 9.17) is 0 Å². The molecule has 0 unspecified atom stereocenters. The van der Waals surface area contributed by atoms with Crippen molar-refractivity contribution in [1.29, 1.82) is 0 Å². The second-order valence-electron chi connectivity index (χ2n) is 3.87. The van der Waals surface area contributed by atoms with E-state index in [9.17, 15) is 23.1 Å². The summed E-state index contributed by atoms with van der Waals surface area (Å²) in [5.74, 6) is -1.45. The van der Waals surface area contributed by atoms with Gasteiger partial charge in [-0.15, -0.1) is 0 Å². The zero-order chi connectivity index (χ0) is 14.2. The first-order valence-electron chi connectivity index (χ1n) is 5.13. The van der Waals surface area contributed by atoms with Crippen LogP contribution in [0.5, 0.6) is 5.75 Å². The van der Waals surface area contributed by atoms with E-state index in [-0.39, 0.29) is 5.56 Å². The molecule has 0 aliphatic heterocycles. The van der Waals surface area contributed by atoms with Crippen LogP contribution in [0.1, 0.15) is 27.3 Å². The summed E-state index contributed by atoms with van der Waals surface area (Å²) in [6.45, 7) is 1.64. The van der Waals surface area contributed by atoms with Gasteiger partial charge in [0.1, 0.15) is 5.75 Å². The number of nitrogens with zero attached hydrogens (tertiary/aromatic N) is 2. The maximum absolute atomic E-state index is 12.6. The molecule has 2 N–H and O–H groups in total. The van der Waals surface area contributed by atoms with Gasteiger partial charge in [-0.05, 0) is 19.1 Å². The highest BCUT2D eigenvalue weighted by atomic mass is 19.4. The number of aromatic hydroxyl groups is 1. The van der Waals surface area contributed by atoms with Gasteiger partial charge in [-0.2, -0.15) is 28.6 Å². The molecular weight excluding hydrogens is 263 g/mol. The van der Waals surface area contributed by atoms with Crippen molar-refractivity contribution in [2.75, 3.05) is 0 Å². The number of carbonyl (C=O) groups excluding carboxylic acids is 1. The molecule has 19 heavy (non-hydrogen) atoms. The van der Waals surface area contributed by atoms with Gasteiger partial charge in [-0.1, -0.05) is 11.6 Å². The summed E-state index contributed by atoms with van der Waals surface area (Å²) in [6.07, 6.45) is -4.79. The average Bonchev–Trinajstić information content (AvgIpc) is 2.80. The number of halogens is 3. The Labute approximate surface area is 105 Å². The number of hydrogen-bond acceptors (Lipinski definition) is 4. The Bertz CT molecular complexity index is 634. The summed E-state index contributed by atoms with van der Waals surface area (Å²) in [4.78, 5) is 12.0. The number of aryl methyl sites for hydroxylation is 1. The number of benzene rings is 1. The average molecular weight is 271 g/mol. The van der Waals surface area contributed by atoms with Gasteiger partial charge in [0.15, 0.2) is 11.4 Å². The number of aromatic nitrogens is 3. The summed E-state index contributed by atoms with van der Waals surface area (Å²) in [5, 5.41) is 17.4. The first kappa shape index (κ1) is 13.1. The highest BCUT2D eigenvalue weighted by molar-refractivity contribution is 6.10. The molecule has 2 rings (SSSR count). The van der Waals surface area contributed by atoms with Crippen LogP contribution in [0.3, 0.4) is 0 Å². The minimum atomic E-state index is -4.79. The van der Waals surface area contributed by atoms with Crippen LogP contribution in [0.25, 0.3) is 0 Å². The minimum Gasteiger partial charge on any atom is -0.507 e. The number of nitrogens with one attached hydrogen (secondary N) is 1. The predicted octanol–water partition coefficient (Wildman–Crippen LogP) is 2.07. The van der Waals surface area contributed by atoms with Crippen molar-refractivity contribution in [2.24, 2.45) is 0 Å². The first-order chi connectivity index (χ1) is 8.80. The van der Waals surface area contributed by atoms with E-state index in [1.165, 1.54) is 18.2 Å². The topological polar surface area (TPSA) is 78.9 Å². The lowest BCUT2D eigenvalue weighted by Gasteiger charge is -2.06. The van der Waals surface area contributed by atoms with E-state index < -0.39 is 29.1 Å². The molecule has 8 heteroatoms. The van der Waals surface area contributed by atoms with Gasteiger partial charge in [0, 0.05) is 0 Å². The van der Waals surface area contributed by atoms with Crippen molar-refractivity contribution in [3.63, 3.8) is 0 Å².